The lowest BCUT2D eigenvalue weighted by Crippen LogP contribution is -2.71. The Hall–Kier alpha value is -2.53. The van der Waals surface area contributed by atoms with E-state index in [1.54, 1.807) is 0 Å². The Morgan fingerprint density at radius 1 is 0.756 bits per heavy atom. The molecule has 4 aliphatic rings. The second kappa shape index (κ2) is 10.6. The van der Waals surface area contributed by atoms with Gasteiger partial charge in [-0.15, -0.1) is 0 Å². The van der Waals surface area contributed by atoms with Gasteiger partial charge in [-0.2, -0.15) is 0 Å². The van der Waals surface area contributed by atoms with Crippen molar-refractivity contribution in [3.05, 3.63) is 91.0 Å². The normalized spacial score (nSPS) is 34.9. The minimum atomic E-state index is -2.77. The van der Waals surface area contributed by atoms with E-state index in [1.165, 1.54) is 22.0 Å². The van der Waals surface area contributed by atoms with Crippen LogP contribution in [0.4, 0.5) is 0 Å². The Morgan fingerprint density at radius 3 is 1.90 bits per heavy atom. The second-order valence-electron chi connectivity index (χ2n) is 13.8. The van der Waals surface area contributed by atoms with Gasteiger partial charge in [0, 0.05) is 24.5 Å². The lowest BCUT2D eigenvalue weighted by molar-refractivity contribution is -0.155. The molecule has 2 unspecified atom stereocenters. The van der Waals surface area contributed by atoms with Gasteiger partial charge >= 0.3 is 0 Å². The molecule has 7 rings (SSSR count). The summed E-state index contributed by atoms with van der Waals surface area (Å²) in [5.74, 6) is 2.62. The van der Waals surface area contributed by atoms with Crippen LogP contribution in [0.1, 0.15) is 64.7 Å². The Labute approximate surface area is 246 Å². The maximum atomic E-state index is 12.9. The van der Waals surface area contributed by atoms with Gasteiger partial charge in [0.1, 0.15) is 5.78 Å². The second-order valence-corrected chi connectivity index (χ2v) is 17.1. The van der Waals surface area contributed by atoms with Crippen LogP contribution in [0, 0.1) is 34.5 Å². The number of Topliss-reactive ketones (excluding diaryl/α,β-unsaturated/α-hetero) is 1. The number of carbonyl (C=O) groups is 1. The fourth-order valence-electron chi connectivity index (χ4n) is 10.2. The molecule has 4 heteroatoms. The molecule has 0 spiro atoms. The van der Waals surface area contributed by atoms with E-state index in [9.17, 15) is 9.90 Å². The summed E-state index contributed by atoms with van der Waals surface area (Å²) in [5.41, 5.74) is -0.135. The van der Waals surface area contributed by atoms with Crippen LogP contribution in [-0.4, -0.2) is 31.9 Å². The Kier molecular flexibility index (Phi) is 7.08. The number of hydrogen-bond donors (Lipinski definition) is 1. The van der Waals surface area contributed by atoms with Crippen LogP contribution >= 0.6 is 0 Å². The van der Waals surface area contributed by atoms with Gasteiger partial charge in [-0.1, -0.05) is 97.9 Å². The van der Waals surface area contributed by atoms with Crippen molar-refractivity contribution in [2.45, 2.75) is 70.8 Å². The van der Waals surface area contributed by atoms with Crippen LogP contribution in [0.25, 0.3) is 0 Å². The molecule has 3 aromatic carbocycles. The van der Waals surface area contributed by atoms with Crippen molar-refractivity contribution >= 4 is 29.7 Å². The highest BCUT2D eigenvalue weighted by Crippen LogP contribution is 2.65. The van der Waals surface area contributed by atoms with Crippen molar-refractivity contribution < 1.29 is 14.3 Å². The van der Waals surface area contributed by atoms with Crippen LogP contribution in [0.3, 0.4) is 0 Å². The van der Waals surface area contributed by atoms with Crippen LogP contribution in [-0.2, 0) is 9.22 Å². The zero-order valence-corrected chi connectivity index (χ0v) is 25.4. The standard InChI is InChI=1S/C37H44O3Si/c1-36-23-22-34-32(33(36)19-20-35(36)39)18-17-27-25-28(21-24-37(27,34)26-38)40-41(29-11-5-2-6-12-29,30-13-7-3-8-14-30)31-15-9-4-10-16-31/h2-16,27-28,32-34,38H,17-26H2,1H3/t27?,28?,32-,33-,34+,36-,37+/m0/s1. The average molecular weight is 565 g/mol. The highest BCUT2D eigenvalue weighted by Gasteiger charge is 2.62. The van der Waals surface area contributed by atoms with Gasteiger partial charge in [-0.25, -0.2) is 0 Å². The topological polar surface area (TPSA) is 46.5 Å². The lowest BCUT2D eigenvalue weighted by Gasteiger charge is -2.61. The molecule has 0 radical (unpaired) electrons. The predicted molar refractivity (Wildman–Crippen MR) is 167 cm³/mol. The summed E-state index contributed by atoms with van der Waals surface area (Å²) in [6.45, 7) is 2.54. The van der Waals surface area contributed by atoms with E-state index in [-0.39, 0.29) is 23.5 Å². The largest absolute Gasteiger partial charge is 0.401 e. The summed E-state index contributed by atoms with van der Waals surface area (Å²) in [5, 5.41) is 15.0. The average Bonchev–Trinajstić information content (AvgIpc) is 3.34. The van der Waals surface area contributed by atoms with Crippen LogP contribution in [0.2, 0.25) is 0 Å². The van der Waals surface area contributed by atoms with Gasteiger partial charge < -0.3 is 9.53 Å². The molecule has 1 N–H and O–H groups in total. The van der Waals surface area contributed by atoms with E-state index in [0.717, 1.165) is 51.4 Å². The van der Waals surface area contributed by atoms with E-state index in [2.05, 4.69) is 97.9 Å². The molecule has 7 atom stereocenters. The zero-order valence-electron chi connectivity index (χ0n) is 24.4. The molecule has 0 aromatic heterocycles. The number of hydrogen-bond acceptors (Lipinski definition) is 3. The lowest BCUT2D eigenvalue weighted by atomic mass is 9.45. The van der Waals surface area contributed by atoms with Gasteiger partial charge in [-0.05, 0) is 96.0 Å². The number of ketones is 1. The van der Waals surface area contributed by atoms with Crippen molar-refractivity contribution in [1.29, 1.82) is 0 Å². The van der Waals surface area contributed by atoms with E-state index in [1.807, 2.05) is 0 Å². The summed E-state index contributed by atoms with van der Waals surface area (Å²) in [6.07, 6.45) is 9.49. The zero-order chi connectivity index (χ0) is 28.1. The van der Waals surface area contributed by atoms with Crippen molar-refractivity contribution in [2.24, 2.45) is 34.5 Å². The molecular weight excluding hydrogens is 520 g/mol. The number of benzene rings is 3. The van der Waals surface area contributed by atoms with Crippen molar-refractivity contribution in [1.82, 2.24) is 0 Å². The molecule has 214 valence electrons. The Balaban J connectivity index is 1.22. The number of fused-ring (bicyclic) bond motifs is 5. The molecule has 0 heterocycles. The minimum Gasteiger partial charge on any atom is -0.401 e. The van der Waals surface area contributed by atoms with Crippen molar-refractivity contribution in [3.63, 3.8) is 0 Å². The summed E-state index contributed by atoms with van der Waals surface area (Å²) >= 11 is 0. The highest BCUT2D eigenvalue weighted by molar-refractivity contribution is 7.07. The molecule has 4 saturated carbocycles. The van der Waals surface area contributed by atoms with E-state index in [4.69, 9.17) is 4.43 Å². The summed E-state index contributed by atoms with van der Waals surface area (Å²) in [4.78, 5) is 12.9. The predicted octanol–water partition coefficient (Wildman–Crippen LogP) is 5.62. The third-order valence-electron chi connectivity index (χ3n) is 12.2. The monoisotopic (exact) mass is 564 g/mol. The quantitative estimate of drug-likeness (QED) is 0.312. The highest BCUT2D eigenvalue weighted by atomic mass is 28.4. The smallest absolute Gasteiger partial charge is 0.288 e. The molecule has 3 aromatic rings. The van der Waals surface area contributed by atoms with E-state index >= 15 is 0 Å². The molecule has 41 heavy (non-hydrogen) atoms. The number of aliphatic hydroxyl groups is 1. The van der Waals surface area contributed by atoms with Crippen molar-refractivity contribution in [2.75, 3.05) is 6.61 Å². The Bertz CT molecular complexity index is 1260. The number of aliphatic hydroxyl groups excluding tert-OH is 1. The molecular formula is C37H44O3Si. The Morgan fingerprint density at radius 2 is 1.34 bits per heavy atom. The molecule has 0 bridgehead atoms. The number of carbonyl (C=O) groups excluding carboxylic acids is 1. The van der Waals surface area contributed by atoms with Crippen LogP contribution in [0.15, 0.2) is 91.0 Å². The summed E-state index contributed by atoms with van der Waals surface area (Å²) in [7, 11) is -2.77. The van der Waals surface area contributed by atoms with E-state index in [0.29, 0.717) is 29.5 Å². The first-order valence-electron chi connectivity index (χ1n) is 16.0. The van der Waals surface area contributed by atoms with Gasteiger partial charge in [-0.3, -0.25) is 4.79 Å². The third kappa shape index (κ3) is 4.24. The first-order valence-corrected chi connectivity index (χ1v) is 17.9. The fraction of sp³-hybridized carbons (Fsp3) is 0.486. The van der Waals surface area contributed by atoms with Crippen molar-refractivity contribution in [3.8, 4) is 0 Å². The molecule has 4 fully saturated rings. The van der Waals surface area contributed by atoms with E-state index < -0.39 is 8.32 Å². The van der Waals surface area contributed by atoms with Gasteiger partial charge in [0.25, 0.3) is 8.32 Å². The molecule has 3 nitrogen and oxygen atoms in total. The van der Waals surface area contributed by atoms with Gasteiger partial charge in [0.2, 0.25) is 0 Å². The SMILES string of the molecule is C[C@]12CC[C@@H]3[C@@H](CCC4CC(O[Si](c5ccccc5)(c5ccccc5)c5ccccc5)CC[C@@]43CO)[C@@H]1CCC2=O. The number of rotatable bonds is 6. The summed E-state index contributed by atoms with van der Waals surface area (Å²) in [6, 6.07) is 32.8. The summed E-state index contributed by atoms with van der Waals surface area (Å²) < 4.78 is 7.62. The molecule has 0 aliphatic heterocycles. The van der Waals surface area contributed by atoms with Gasteiger partial charge in [0.15, 0.2) is 0 Å². The maximum Gasteiger partial charge on any atom is 0.288 e. The molecule has 4 aliphatic carbocycles. The molecule has 0 saturated heterocycles. The van der Waals surface area contributed by atoms with Crippen LogP contribution < -0.4 is 15.6 Å². The third-order valence-corrected chi connectivity index (χ3v) is 16.3. The van der Waals surface area contributed by atoms with Crippen LogP contribution in [0.5, 0.6) is 0 Å². The maximum absolute atomic E-state index is 12.9. The fourth-order valence-corrected chi connectivity index (χ4v) is 14.3. The first-order chi connectivity index (χ1) is 20.0. The minimum absolute atomic E-state index is 0.0216. The molecule has 0 amide bonds. The first kappa shape index (κ1) is 27.3. The van der Waals surface area contributed by atoms with Gasteiger partial charge in [0.05, 0.1) is 0 Å².